The van der Waals surface area contributed by atoms with E-state index >= 15 is 0 Å². The van der Waals surface area contributed by atoms with E-state index in [9.17, 15) is 14.0 Å². The van der Waals surface area contributed by atoms with Crippen LogP contribution in [0.3, 0.4) is 0 Å². The van der Waals surface area contributed by atoms with Crippen molar-refractivity contribution in [3.63, 3.8) is 0 Å². The van der Waals surface area contributed by atoms with Crippen molar-refractivity contribution < 1.29 is 18.7 Å². The molecule has 22 heavy (non-hydrogen) atoms. The molecule has 0 aromatic heterocycles. The Morgan fingerprint density at radius 1 is 1.14 bits per heavy atom. The minimum atomic E-state index is -0.649. The first kappa shape index (κ1) is 16.0. The zero-order chi connectivity index (χ0) is 15.9. The molecule has 2 aromatic carbocycles. The lowest BCUT2D eigenvalue weighted by Crippen LogP contribution is -2.28. The first-order valence-corrected chi connectivity index (χ1v) is 6.87. The van der Waals surface area contributed by atoms with Gasteiger partial charge in [0, 0.05) is 17.1 Å². The molecule has 0 heterocycles. The smallest absolute Gasteiger partial charge is 0.338 e. The Balaban J connectivity index is 1.81. The Morgan fingerprint density at radius 2 is 1.91 bits per heavy atom. The van der Waals surface area contributed by atoms with Gasteiger partial charge in [0.05, 0.1) is 5.56 Å². The van der Waals surface area contributed by atoms with Gasteiger partial charge in [-0.25, -0.2) is 9.18 Å². The standard InChI is InChI=1S/C16H13ClFNO3/c17-13-6-3-5-11(8-13)16(21)22-10-15(20)19-9-12-4-1-2-7-14(12)18/h1-8H,9-10H2,(H,19,20). The topological polar surface area (TPSA) is 55.4 Å². The molecule has 6 heteroatoms. The number of hydrogen-bond acceptors (Lipinski definition) is 3. The Morgan fingerprint density at radius 3 is 2.64 bits per heavy atom. The van der Waals surface area contributed by atoms with Gasteiger partial charge in [-0.15, -0.1) is 0 Å². The van der Waals surface area contributed by atoms with E-state index < -0.39 is 24.3 Å². The van der Waals surface area contributed by atoms with Crippen molar-refractivity contribution in [2.45, 2.75) is 6.54 Å². The molecule has 0 saturated carbocycles. The molecule has 0 aliphatic rings. The zero-order valence-corrected chi connectivity index (χ0v) is 12.3. The number of carbonyl (C=O) groups is 2. The van der Waals surface area contributed by atoms with Crippen LogP contribution in [0.25, 0.3) is 0 Å². The van der Waals surface area contributed by atoms with Crippen molar-refractivity contribution in [3.05, 3.63) is 70.5 Å². The van der Waals surface area contributed by atoms with E-state index in [1.807, 2.05) is 0 Å². The van der Waals surface area contributed by atoms with Crippen molar-refractivity contribution in [3.8, 4) is 0 Å². The second kappa shape index (κ2) is 7.56. The fraction of sp³-hybridized carbons (Fsp3) is 0.125. The summed E-state index contributed by atoms with van der Waals surface area (Å²) < 4.78 is 18.2. The summed E-state index contributed by atoms with van der Waals surface area (Å²) in [7, 11) is 0. The molecule has 1 amide bonds. The zero-order valence-electron chi connectivity index (χ0n) is 11.5. The lowest BCUT2D eigenvalue weighted by molar-refractivity contribution is -0.124. The SMILES string of the molecule is O=C(COC(=O)c1cccc(Cl)c1)NCc1ccccc1F. The fourth-order valence-corrected chi connectivity index (χ4v) is 1.91. The summed E-state index contributed by atoms with van der Waals surface area (Å²) in [5.74, 6) is -1.57. The third-order valence-corrected chi connectivity index (χ3v) is 3.06. The fourth-order valence-electron chi connectivity index (χ4n) is 1.72. The monoisotopic (exact) mass is 321 g/mol. The molecule has 0 atom stereocenters. The van der Waals surface area contributed by atoms with Crippen LogP contribution >= 0.6 is 11.6 Å². The van der Waals surface area contributed by atoms with Gasteiger partial charge in [0.25, 0.3) is 5.91 Å². The maximum atomic E-state index is 13.4. The highest BCUT2D eigenvalue weighted by Crippen LogP contribution is 2.11. The summed E-state index contributed by atoms with van der Waals surface area (Å²) in [5.41, 5.74) is 0.617. The summed E-state index contributed by atoms with van der Waals surface area (Å²) in [4.78, 5) is 23.3. The van der Waals surface area contributed by atoms with Gasteiger partial charge in [0.15, 0.2) is 6.61 Å². The summed E-state index contributed by atoms with van der Waals surface area (Å²) >= 11 is 5.76. The second-order valence-electron chi connectivity index (χ2n) is 4.45. The van der Waals surface area contributed by atoms with Crippen molar-refractivity contribution >= 4 is 23.5 Å². The molecule has 0 saturated heterocycles. The molecule has 0 spiro atoms. The maximum absolute atomic E-state index is 13.4. The Kier molecular flexibility index (Phi) is 5.49. The van der Waals surface area contributed by atoms with Crippen LogP contribution in [0.1, 0.15) is 15.9 Å². The van der Waals surface area contributed by atoms with E-state index in [-0.39, 0.29) is 12.1 Å². The summed E-state index contributed by atoms with van der Waals surface area (Å²) in [6, 6.07) is 12.3. The van der Waals surface area contributed by atoms with E-state index in [0.29, 0.717) is 10.6 Å². The predicted molar refractivity (Wildman–Crippen MR) is 80.0 cm³/mol. The second-order valence-corrected chi connectivity index (χ2v) is 4.89. The third-order valence-electron chi connectivity index (χ3n) is 2.83. The number of amides is 1. The first-order chi connectivity index (χ1) is 10.6. The van der Waals surface area contributed by atoms with Gasteiger partial charge in [0.1, 0.15) is 5.82 Å². The lowest BCUT2D eigenvalue weighted by Gasteiger charge is -2.07. The van der Waals surface area contributed by atoms with Crippen LogP contribution in [0, 0.1) is 5.82 Å². The normalized spacial score (nSPS) is 10.1. The number of benzene rings is 2. The number of rotatable bonds is 5. The minimum Gasteiger partial charge on any atom is -0.452 e. The average Bonchev–Trinajstić information content (AvgIpc) is 2.52. The van der Waals surface area contributed by atoms with Gasteiger partial charge >= 0.3 is 5.97 Å². The van der Waals surface area contributed by atoms with Crippen molar-refractivity contribution in [1.29, 1.82) is 0 Å². The van der Waals surface area contributed by atoms with Crippen molar-refractivity contribution in [1.82, 2.24) is 5.32 Å². The Bertz CT molecular complexity index is 691. The summed E-state index contributed by atoms with van der Waals surface area (Å²) in [6.45, 7) is -0.417. The molecule has 4 nitrogen and oxygen atoms in total. The number of carbonyl (C=O) groups excluding carboxylic acids is 2. The highest BCUT2D eigenvalue weighted by Gasteiger charge is 2.11. The van der Waals surface area contributed by atoms with E-state index in [0.717, 1.165) is 0 Å². The van der Waals surface area contributed by atoms with E-state index in [1.165, 1.54) is 18.2 Å². The Hall–Kier alpha value is -2.40. The van der Waals surface area contributed by atoms with Crippen LogP contribution in [0.15, 0.2) is 48.5 Å². The number of hydrogen-bond donors (Lipinski definition) is 1. The number of nitrogens with one attached hydrogen (secondary N) is 1. The average molecular weight is 322 g/mol. The quantitative estimate of drug-likeness (QED) is 0.861. The lowest BCUT2D eigenvalue weighted by atomic mass is 10.2. The van der Waals surface area contributed by atoms with Gasteiger partial charge in [0.2, 0.25) is 0 Å². The van der Waals surface area contributed by atoms with Crippen LogP contribution in [-0.2, 0) is 16.1 Å². The minimum absolute atomic E-state index is 0.0280. The molecule has 1 N–H and O–H groups in total. The molecule has 114 valence electrons. The predicted octanol–water partition coefficient (Wildman–Crippen LogP) is 2.95. The number of esters is 1. The molecule has 0 radical (unpaired) electrons. The van der Waals surface area contributed by atoms with Gasteiger partial charge in [-0.1, -0.05) is 35.9 Å². The van der Waals surface area contributed by atoms with Crippen molar-refractivity contribution in [2.75, 3.05) is 6.61 Å². The molecule has 2 rings (SSSR count). The van der Waals surface area contributed by atoms with Crippen LogP contribution in [0.5, 0.6) is 0 Å². The molecule has 0 unspecified atom stereocenters. The van der Waals surface area contributed by atoms with Crippen LogP contribution in [-0.4, -0.2) is 18.5 Å². The van der Waals surface area contributed by atoms with Crippen LogP contribution < -0.4 is 5.32 Å². The number of halogens is 2. The van der Waals surface area contributed by atoms with Crippen LogP contribution in [0.4, 0.5) is 4.39 Å². The highest BCUT2D eigenvalue weighted by molar-refractivity contribution is 6.30. The van der Waals surface area contributed by atoms with E-state index in [4.69, 9.17) is 16.3 Å². The number of ether oxygens (including phenoxy) is 1. The highest BCUT2D eigenvalue weighted by atomic mass is 35.5. The van der Waals surface area contributed by atoms with E-state index in [1.54, 1.807) is 30.3 Å². The molecule has 0 aliphatic carbocycles. The van der Waals surface area contributed by atoms with Crippen LogP contribution in [0.2, 0.25) is 5.02 Å². The van der Waals surface area contributed by atoms with Gasteiger partial charge in [-0.05, 0) is 24.3 Å². The first-order valence-electron chi connectivity index (χ1n) is 6.49. The van der Waals surface area contributed by atoms with E-state index in [2.05, 4.69) is 5.32 Å². The van der Waals surface area contributed by atoms with Crippen molar-refractivity contribution in [2.24, 2.45) is 0 Å². The third kappa shape index (κ3) is 4.56. The summed E-state index contributed by atoms with van der Waals surface area (Å²) in [5, 5.41) is 2.88. The molecular weight excluding hydrogens is 309 g/mol. The molecule has 0 bridgehead atoms. The van der Waals surface area contributed by atoms with Gasteiger partial charge in [-0.3, -0.25) is 4.79 Å². The molecule has 2 aromatic rings. The molecule has 0 aliphatic heterocycles. The molecular formula is C16H13ClFNO3. The van der Waals surface area contributed by atoms with Gasteiger partial charge < -0.3 is 10.1 Å². The summed E-state index contributed by atoms with van der Waals surface area (Å²) in [6.07, 6.45) is 0. The molecule has 0 fully saturated rings. The van der Waals surface area contributed by atoms with Gasteiger partial charge in [-0.2, -0.15) is 0 Å². The maximum Gasteiger partial charge on any atom is 0.338 e. The Labute approximate surface area is 131 Å². The largest absolute Gasteiger partial charge is 0.452 e.